The number of pyridine rings is 1. The largest absolute Gasteiger partial charge is 0.490 e. The molecule has 2 rings (SSSR count). The van der Waals surface area contributed by atoms with Gasteiger partial charge in [-0.05, 0) is 37.0 Å². The minimum Gasteiger partial charge on any atom is -0.490 e. The van der Waals surface area contributed by atoms with E-state index < -0.39 is 23.3 Å². The SMILES string of the molecule is CCCCOc1c(C(=O)OCC)n(CC(C)(C)C)c(=O)c2ccc(C(F)(F)F)cc12. The Labute approximate surface area is 173 Å². The van der Waals surface area contributed by atoms with Gasteiger partial charge in [0.05, 0.1) is 24.2 Å². The van der Waals surface area contributed by atoms with Gasteiger partial charge < -0.3 is 9.47 Å². The van der Waals surface area contributed by atoms with Crippen LogP contribution in [0.1, 0.15) is 63.5 Å². The smallest absolute Gasteiger partial charge is 0.416 e. The van der Waals surface area contributed by atoms with Gasteiger partial charge in [0, 0.05) is 11.9 Å². The van der Waals surface area contributed by atoms with Crippen molar-refractivity contribution in [3.8, 4) is 5.75 Å². The third kappa shape index (κ3) is 5.34. The molecule has 0 spiro atoms. The van der Waals surface area contributed by atoms with E-state index in [9.17, 15) is 22.8 Å². The highest BCUT2D eigenvalue weighted by Crippen LogP contribution is 2.36. The van der Waals surface area contributed by atoms with E-state index >= 15 is 0 Å². The number of nitrogens with zero attached hydrogens (tertiary/aromatic N) is 1. The van der Waals surface area contributed by atoms with Crippen LogP contribution in [0.3, 0.4) is 0 Å². The Balaban J connectivity index is 2.93. The van der Waals surface area contributed by atoms with E-state index in [0.29, 0.717) is 6.42 Å². The van der Waals surface area contributed by atoms with Gasteiger partial charge in [0.25, 0.3) is 5.56 Å². The molecule has 0 unspecified atom stereocenters. The third-order valence-electron chi connectivity index (χ3n) is 4.40. The fourth-order valence-electron chi connectivity index (χ4n) is 3.08. The van der Waals surface area contributed by atoms with E-state index in [-0.39, 0.29) is 47.4 Å². The predicted molar refractivity (Wildman–Crippen MR) is 109 cm³/mol. The summed E-state index contributed by atoms with van der Waals surface area (Å²) in [6.45, 7) is 9.65. The summed E-state index contributed by atoms with van der Waals surface area (Å²) in [4.78, 5) is 26.0. The molecule has 0 atom stereocenters. The highest BCUT2D eigenvalue weighted by atomic mass is 19.4. The topological polar surface area (TPSA) is 57.5 Å². The number of alkyl halides is 3. The molecular formula is C22H28F3NO4. The Kier molecular flexibility index (Phi) is 7.21. The lowest BCUT2D eigenvalue weighted by molar-refractivity contribution is -0.137. The van der Waals surface area contributed by atoms with E-state index in [1.807, 2.05) is 27.7 Å². The number of carbonyl (C=O) groups is 1. The number of fused-ring (bicyclic) bond motifs is 1. The van der Waals surface area contributed by atoms with Crippen molar-refractivity contribution in [3.05, 3.63) is 39.8 Å². The standard InChI is InChI=1S/C22H28F3NO4/c1-6-8-11-30-18-16-12-14(22(23,24)25)9-10-15(16)19(27)26(13-21(3,4)5)17(18)20(28)29-7-2/h9-10,12H,6-8,11,13H2,1-5H3. The molecule has 0 fully saturated rings. The summed E-state index contributed by atoms with van der Waals surface area (Å²) in [5.41, 5.74) is -2.01. The number of aromatic nitrogens is 1. The second-order valence-corrected chi connectivity index (χ2v) is 8.31. The van der Waals surface area contributed by atoms with Crippen LogP contribution in [0.15, 0.2) is 23.0 Å². The monoisotopic (exact) mass is 427 g/mol. The number of hydrogen-bond donors (Lipinski definition) is 0. The number of carbonyl (C=O) groups excluding carboxylic acids is 1. The van der Waals surface area contributed by atoms with Gasteiger partial charge in [-0.2, -0.15) is 13.2 Å². The van der Waals surface area contributed by atoms with E-state index in [1.165, 1.54) is 4.57 Å². The van der Waals surface area contributed by atoms with Crippen molar-refractivity contribution in [1.29, 1.82) is 0 Å². The summed E-state index contributed by atoms with van der Waals surface area (Å²) >= 11 is 0. The van der Waals surface area contributed by atoms with Crippen LogP contribution < -0.4 is 10.3 Å². The van der Waals surface area contributed by atoms with Crippen LogP contribution in [0.25, 0.3) is 10.8 Å². The number of ether oxygens (including phenoxy) is 2. The van der Waals surface area contributed by atoms with Crippen molar-refractivity contribution >= 4 is 16.7 Å². The van der Waals surface area contributed by atoms with Crippen LogP contribution in [-0.2, 0) is 17.5 Å². The molecule has 0 saturated heterocycles. The molecule has 166 valence electrons. The lowest BCUT2D eigenvalue weighted by Crippen LogP contribution is -2.32. The molecule has 1 aromatic carbocycles. The van der Waals surface area contributed by atoms with Crippen LogP contribution in [0.5, 0.6) is 5.75 Å². The molecule has 0 aliphatic carbocycles. The number of unbranched alkanes of at least 4 members (excludes halogenated alkanes) is 1. The van der Waals surface area contributed by atoms with Gasteiger partial charge in [0.15, 0.2) is 11.4 Å². The molecule has 8 heteroatoms. The predicted octanol–water partition coefficient (Wildman–Crippen LogP) is 5.42. The Hall–Kier alpha value is -2.51. The summed E-state index contributed by atoms with van der Waals surface area (Å²) in [5, 5.41) is 0.0194. The zero-order chi connectivity index (χ0) is 22.7. The molecule has 0 bridgehead atoms. The minimum atomic E-state index is -4.60. The molecular weight excluding hydrogens is 399 g/mol. The maximum absolute atomic E-state index is 13.3. The fraction of sp³-hybridized carbons (Fsp3) is 0.545. The molecule has 1 heterocycles. The molecule has 0 amide bonds. The second kappa shape index (κ2) is 9.10. The Bertz CT molecular complexity index is 971. The first-order valence-electron chi connectivity index (χ1n) is 9.98. The van der Waals surface area contributed by atoms with E-state index in [0.717, 1.165) is 24.6 Å². The van der Waals surface area contributed by atoms with Crippen molar-refractivity contribution in [2.24, 2.45) is 5.41 Å². The second-order valence-electron chi connectivity index (χ2n) is 8.31. The van der Waals surface area contributed by atoms with Crippen LogP contribution in [0.4, 0.5) is 13.2 Å². The fourth-order valence-corrected chi connectivity index (χ4v) is 3.08. The normalized spacial score (nSPS) is 12.3. The first kappa shape index (κ1) is 23.8. The van der Waals surface area contributed by atoms with Gasteiger partial charge in [0.2, 0.25) is 0 Å². The Morgan fingerprint density at radius 1 is 1.10 bits per heavy atom. The van der Waals surface area contributed by atoms with Gasteiger partial charge in [-0.1, -0.05) is 34.1 Å². The highest BCUT2D eigenvalue weighted by Gasteiger charge is 2.33. The van der Waals surface area contributed by atoms with Crippen molar-refractivity contribution in [1.82, 2.24) is 4.57 Å². The molecule has 0 aliphatic rings. The van der Waals surface area contributed by atoms with Crippen LogP contribution in [-0.4, -0.2) is 23.8 Å². The molecule has 0 saturated carbocycles. The minimum absolute atomic E-state index is 0.0425. The molecule has 2 aromatic rings. The lowest BCUT2D eigenvalue weighted by Gasteiger charge is -2.25. The average molecular weight is 427 g/mol. The highest BCUT2D eigenvalue weighted by molar-refractivity contribution is 5.99. The van der Waals surface area contributed by atoms with Crippen molar-refractivity contribution in [2.75, 3.05) is 13.2 Å². The van der Waals surface area contributed by atoms with Crippen molar-refractivity contribution < 1.29 is 27.4 Å². The van der Waals surface area contributed by atoms with E-state index in [2.05, 4.69) is 0 Å². The number of benzene rings is 1. The van der Waals surface area contributed by atoms with Gasteiger partial charge in [-0.15, -0.1) is 0 Å². The summed E-state index contributed by atoms with van der Waals surface area (Å²) in [6.07, 6.45) is -3.16. The molecule has 0 N–H and O–H groups in total. The number of halogens is 3. The quantitative estimate of drug-likeness (QED) is 0.437. The summed E-state index contributed by atoms with van der Waals surface area (Å²) in [5.74, 6) is -0.850. The summed E-state index contributed by atoms with van der Waals surface area (Å²) < 4.78 is 52.2. The van der Waals surface area contributed by atoms with Crippen molar-refractivity contribution in [2.45, 2.75) is 60.2 Å². The third-order valence-corrected chi connectivity index (χ3v) is 4.40. The molecule has 0 radical (unpaired) electrons. The number of esters is 1. The zero-order valence-corrected chi connectivity index (χ0v) is 18.0. The first-order valence-corrected chi connectivity index (χ1v) is 9.98. The van der Waals surface area contributed by atoms with Gasteiger partial charge in [-0.3, -0.25) is 9.36 Å². The maximum atomic E-state index is 13.3. The van der Waals surface area contributed by atoms with Crippen molar-refractivity contribution in [3.63, 3.8) is 0 Å². The Morgan fingerprint density at radius 2 is 1.77 bits per heavy atom. The molecule has 0 aliphatic heterocycles. The van der Waals surface area contributed by atoms with E-state index in [4.69, 9.17) is 9.47 Å². The van der Waals surface area contributed by atoms with Gasteiger partial charge in [-0.25, -0.2) is 4.79 Å². The van der Waals surface area contributed by atoms with E-state index in [1.54, 1.807) is 6.92 Å². The maximum Gasteiger partial charge on any atom is 0.416 e. The summed E-state index contributed by atoms with van der Waals surface area (Å²) in [6, 6.07) is 2.87. The summed E-state index contributed by atoms with van der Waals surface area (Å²) in [7, 11) is 0. The average Bonchev–Trinajstić information content (AvgIpc) is 2.63. The van der Waals surface area contributed by atoms with Crippen LogP contribution in [0, 0.1) is 5.41 Å². The lowest BCUT2D eigenvalue weighted by atomic mass is 9.96. The number of hydrogen-bond acceptors (Lipinski definition) is 4. The molecule has 30 heavy (non-hydrogen) atoms. The Morgan fingerprint density at radius 3 is 2.30 bits per heavy atom. The van der Waals surface area contributed by atoms with Gasteiger partial charge in [0.1, 0.15) is 0 Å². The van der Waals surface area contributed by atoms with Gasteiger partial charge >= 0.3 is 12.1 Å². The molecule has 1 aromatic heterocycles. The first-order chi connectivity index (χ1) is 13.9. The van der Waals surface area contributed by atoms with Crippen LogP contribution >= 0.6 is 0 Å². The molecule has 5 nitrogen and oxygen atoms in total. The zero-order valence-electron chi connectivity index (χ0n) is 18.0. The van der Waals surface area contributed by atoms with Crippen LogP contribution in [0.2, 0.25) is 0 Å². The number of rotatable bonds is 7.